The van der Waals surface area contributed by atoms with E-state index in [-0.39, 0.29) is 5.60 Å². The van der Waals surface area contributed by atoms with Gasteiger partial charge in [-0.2, -0.15) is 13.2 Å². The summed E-state index contributed by atoms with van der Waals surface area (Å²) in [6.07, 6.45) is -1.59. The van der Waals surface area contributed by atoms with Crippen LogP contribution in [0.1, 0.15) is 35.1 Å². The van der Waals surface area contributed by atoms with Crippen LogP contribution in [0.4, 0.5) is 13.2 Å². The van der Waals surface area contributed by atoms with Crippen molar-refractivity contribution in [1.29, 1.82) is 0 Å². The number of rotatable bonds is 7. The molecule has 0 bridgehead atoms. The van der Waals surface area contributed by atoms with Crippen LogP contribution in [0.5, 0.6) is 0 Å². The Morgan fingerprint density at radius 1 is 1.04 bits per heavy atom. The monoisotopic (exact) mass is 349 g/mol. The fraction of sp³-hybridized carbons (Fsp3) is 0.400. The number of hydrogen-bond donors (Lipinski definition) is 1. The maximum Gasteiger partial charge on any atom is 0.416 e. The molecule has 5 heteroatoms. The van der Waals surface area contributed by atoms with Crippen LogP contribution >= 0.6 is 0 Å². The van der Waals surface area contributed by atoms with Crippen molar-refractivity contribution in [2.24, 2.45) is 0 Å². The summed E-state index contributed by atoms with van der Waals surface area (Å²) in [6.45, 7) is 1.32. The van der Waals surface area contributed by atoms with Crippen LogP contribution < -0.4 is 5.32 Å². The molecule has 2 aromatic carbocycles. The summed E-state index contributed by atoms with van der Waals surface area (Å²) in [6, 6.07) is 13.9. The third-order valence-electron chi connectivity index (χ3n) is 4.75. The number of benzene rings is 2. The second-order valence-electron chi connectivity index (χ2n) is 6.52. The molecule has 2 aromatic rings. The van der Waals surface area contributed by atoms with Crippen molar-refractivity contribution in [3.63, 3.8) is 0 Å². The van der Waals surface area contributed by atoms with Crippen molar-refractivity contribution < 1.29 is 17.9 Å². The highest BCUT2D eigenvalue weighted by molar-refractivity contribution is 5.31. The predicted octanol–water partition coefficient (Wildman–Crippen LogP) is 4.67. The summed E-state index contributed by atoms with van der Waals surface area (Å²) in [7, 11) is 1.75. The number of alkyl halides is 3. The molecule has 0 heterocycles. The molecule has 1 saturated carbocycles. The molecular weight excluding hydrogens is 327 g/mol. The van der Waals surface area contributed by atoms with Crippen LogP contribution in [0.3, 0.4) is 0 Å². The molecule has 2 nitrogen and oxygen atoms in total. The highest BCUT2D eigenvalue weighted by Crippen LogP contribution is 2.48. The van der Waals surface area contributed by atoms with Gasteiger partial charge in [0.05, 0.1) is 11.2 Å². The van der Waals surface area contributed by atoms with Crippen LogP contribution in [0.2, 0.25) is 0 Å². The first-order chi connectivity index (χ1) is 11.9. The first-order valence-electron chi connectivity index (χ1n) is 8.44. The maximum absolute atomic E-state index is 12.7. The zero-order valence-electron chi connectivity index (χ0n) is 14.2. The lowest BCUT2D eigenvalue weighted by molar-refractivity contribution is -0.137. The molecule has 134 valence electrons. The minimum absolute atomic E-state index is 0.0740. The molecule has 25 heavy (non-hydrogen) atoms. The van der Waals surface area contributed by atoms with Gasteiger partial charge in [-0.1, -0.05) is 42.5 Å². The summed E-state index contributed by atoms with van der Waals surface area (Å²) in [5, 5.41) is 3.28. The summed E-state index contributed by atoms with van der Waals surface area (Å²) in [5.41, 5.74) is 2.39. The standard InChI is InChI=1S/C20H22F3NO/c1-25-19(10-11-19)17-7-5-16(6-8-17)14-24-12-9-15-3-2-4-18(13-15)20(21,22)23/h2-8,13,24H,9-12,14H2,1H3. The van der Waals surface area contributed by atoms with E-state index in [1.54, 1.807) is 13.2 Å². The van der Waals surface area contributed by atoms with Gasteiger partial charge in [0.2, 0.25) is 0 Å². The lowest BCUT2D eigenvalue weighted by atomic mass is 10.1. The molecule has 0 aromatic heterocycles. The van der Waals surface area contributed by atoms with Crippen LogP contribution in [0.15, 0.2) is 48.5 Å². The second kappa shape index (κ2) is 7.18. The van der Waals surface area contributed by atoms with Gasteiger partial charge in [-0.25, -0.2) is 0 Å². The Hall–Kier alpha value is -1.85. The van der Waals surface area contributed by atoms with E-state index in [0.29, 0.717) is 25.1 Å². The SMILES string of the molecule is COC1(c2ccc(CNCCc3cccc(C(F)(F)F)c3)cc2)CC1. The average Bonchev–Trinajstić information content (AvgIpc) is 3.40. The summed E-state index contributed by atoms with van der Waals surface area (Å²) < 4.78 is 43.7. The Morgan fingerprint density at radius 3 is 2.36 bits per heavy atom. The van der Waals surface area contributed by atoms with Gasteiger partial charge in [0, 0.05) is 13.7 Å². The van der Waals surface area contributed by atoms with Crippen molar-refractivity contribution in [1.82, 2.24) is 5.32 Å². The van der Waals surface area contributed by atoms with Crippen LogP contribution in [-0.4, -0.2) is 13.7 Å². The zero-order valence-corrected chi connectivity index (χ0v) is 14.2. The van der Waals surface area contributed by atoms with Gasteiger partial charge in [-0.05, 0) is 48.6 Å². The lowest BCUT2D eigenvalue weighted by Crippen LogP contribution is -2.17. The van der Waals surface area contributed by atoms with Crippen molar-refractivity contribution in [2.75, 3.05) is 13.7 Å². The van der Waals surface area contributed by atoms with E-state index in [2.05, 4.69) is 29.6 Å². The minimum atomic E-state index is -4.29. The topological polar surface area (TPSA) is 21.3 Å². The quantitative estimate of drug-likeness (QED) is 0.733. The summed E-state index contributed by atoms with van der Waals surface area (Å²) >= 11 is 0. The average molecular weight is 349 g/mol. The van der Waals surface area contributed by atoms with E-state index >= 15 is 0 Å². The molecule has 3 rings (SSSR count). The zero-order chi connectivity index (χ0) is 17.9. The van der Waals surface area contributed by atoms with Crippen molar-refractivity contribution in [2.45, 2.75) is 37.6 Å². The number of halogens is 3. The van der Waals surface area contributed by atoms with Crippen molar-refractivity contribution >= 4 is 0 Å². The third-order valence-corrected chi connectivity index (χ3v) is 4.75. The molecule has 0 saturated heterocycles. The van der Waals surface area contributed by atoms with Crippen molar-refractivity contribution in [3.8, 4) is 0 Å². The van der Waals surface area contributed by atoms with Gasteiger partial charge >= 0.3 is 6.18 Å². The molecular formula is C20H22F3NO. The van der Waals surface area contributed by atoms with E-state index in [1.165, 1.54) is 17.7 Å². The molecule has 0 amide bonds. The third kappa shape index (κ3) is 4.41. The molecule has 1 N–H and O–H groups in total. The highest BCUT2D eigenvalue weighted by Gasteiger charge is 2.44. The fourth-order valence-corrected chi connectivity index (χ4v) is 3.02. The van der Waals surface area contributed by atoms with Gasteiger partial charge in [0.15, 0.2) is 0 Å². The van der Waals surface area contributed by atoms with Crippen molar-refractivity contribution in [3.05, 3.63) is 70.8 Å². The van der Waals surface area contributed by atoms with Gasteiger partial charge in [0.25, 0.3) is 0 Å². The van der Waals surface area contributed by atoms with Gasteiger partial charge in [-0.3, -0.25) is 0 Å². The smallest absolute Gasteiger partial charge is 0.374 e. The lowest BCUT2D eigenvalue weighted by Gasteiger charge is -2.14. The first-order valence-corrected chi connectivity index (χ1v) is 8.44. The Balaban J connectivity index is 1.47. The molecule has 1 fully saturated rings. The largest absolute Gasteiger partial charge is 0.416 e. The number of methoxy groups -OCH3 is 1. The Morgan fingerprint density at radius 2 is 1.76 bits per heavy atom. The number of ether oxygens (including phenoxy) is 1. The summed E-state index contributed by atoms with van der Waals surface area (Å²) in [5.74, 6) is 0. The number of nitrogens with one attached hydrogen (secondary N) is 1. The Labute approximate surface area is 146 Å². The van der Waals surface area contributed by atoms with E-state index in [9.17, 15) is 13.2 Å². The first kappa shape index (κ1) is 18.0. The molecule has 0 aliphatic heterocycles. The summed E-state index contributed by atoms with van der Waals surface area (Å²) in [4.78, 5) is 0. The number of hydrogen-bond acceptors (Lipinski definition) is 2. The second-order valence-corrected chi connectivity index (χ2v) is 6.52. The van der Waals surface area contributed by atoms with Crippen LogP contribution in [0, 0.1) is 0 Å². The minimum Gasteiger partial charge on any atom is -0.374 e. The van der Waals surface area contributed by atoms with Gasteiger partial charge in [0.1, 0.15) is 0 Å². The van der Waals surface area contributed by atoms with Crippen LogP contribution in [0.25, 0.3) is 0 Å². The van der Waals surface area contributed by atoms with Crippen LogP contribution in [-0.2, 0) is 29.5 Å². The van der Waals surface area contributed by atoms with E-state index in [0.717, 1.165) is 24.5 Å². The molecule has 0 atom stereocenters. The normalized spacial score (nSPS) is 16.0. The Kier molecular flexibility index (Phi) is 5.16. The molecule has 1 aliphatic carbocycles. The van der Waals surface area contributed by atoms with Gasteiger partial charge in [-0.15, -0.1) is 0 Å². The predicted molar refractivity (Wildman–Crippen MR) is 91.2 cm³/mol. The molecule has 1 aliphatic rings. The van der Waals surface area contributed by atoms with E-state index in [1.807, 2.05) is 0 Å². The molecule has 0 spiro atoms. The van der Waals surface area contributed by atoms with E-state index < -0.39 is 11.7 Å². The fourth-order valence-electron chi connectivity index (χ4n) is 3.02. The van der Waals surface area contributed by atoms with Gasteiger partial charge < -0.3 is 10.1 Å². The highest BCUT2D eigenvalue weighted by atomic mass is 19.4. The van der Waals surface area contributed by atoms with E-state index in [4.69, 9.17) is 4.74 Å². The molecule has 0 radical (unpaired) electrons. The maximum atomic E-state index is 12.7. The Bertz CT molecular complexity index is 706. The molecule has 0 unspecified atom stereocenters.